The van der Waals surface area contributed by atoms with E-state index < -0.39 is 0 Å². The van der Waals surface area contributed by atoms with Crippen molar-refractivity contribution in [2.75, 3.05) is 38.5 Å². The lowest BCUT2D eigenvalue weighted by Crippen LogP contribution is -2.56. The van der Waals surface area contributed by atoms with E-state index in [0.717, 1.165) is 25.1 Å². The molecule has 0 bridgehead atoms. The Bertz CT molecular complexity index is 1640. The molecule has 3 saturated heterocycles. The second-order valence-electron chi connectivity index (χ2n) is 11.9. The smallest absolute Gasteiger partial charge is 0.282 e. The number of likely N-dealkylation sites (tertiary alicyclic amines) is 2. The van der Waals surface area contributed by atoms with E-state index in [9.17, 15) is 19.2 Å². The third-order valence-corrected chi connectivity index (χ3v) is 9.40. The van der Waals surface area contributed by atoms with Crippen LogP contribution >= 0.6 is 15.9 Å². The highest BCUT2D eigenvalue weighted by atomic mass is 79.9. The number of benzene rings is 2. The Hall–Kier alpha value is -4.03. The van der Waals surface area contributed by atoms with Crippen molar-refractivity contribution in [3.05, 3.63) is 86.2 Å². The largest absolute Gasteiger partial charge is 0.487 e. The summed E-state index contributed by atoms with van der Waals surface area (Å²) in [6, 6.07) is 15.4. The molecule has 3 aliphatic heterocycles. The minimum atomic E-state index is -0.367. The number of piperidine rings is 2. The number of rotatable bonds is 7. The highest BCUT2D eigenvalue weighted by Gasteiger charge is 2.34. The first kappa shape index (κ1) is 30.0. The predicted molar refractivity (Wildman–Crippen MR) is 168 cm³/mol. The van der Waals surface area contributed by atoms with Crippen LogP contribution in [-0.2, 0) is 16.6 Å². The van der Waals surface area contributed by atoms with Crippen LogP contribution in [0.4, 0.5) is 5.69 Å². The molecule has 2 N–H and O–H groups in total. The Morgan fingerprint density at radius 3 is 2.55 bits per heavy atom. The van der Waals surface area contributed by atoms with E-state index in [-0.39, 0.29) is 47.3 Å². The van der Waals surface area contributed by atoms with E-state index in [1.54, 1.807) is 18.1 Å². The van der Waals surface area contributed by atoms with Crippen LogP contribution in [0.3, 0.4) is 0 Å². The summed E-state index contributed by atoms with van der Waals surface area (Å²) in [6.07, 6.45) is 3.23. The summed E-state index contributed by atoms with van der Waals surface area (Å²) in [7, 11) is 3.71. The lowest BCUT2D eigenvalue weighted by Gasteiger charge is -2.39. The molecule has 44 heavy (non-hydrogen) atoms. The third-order valence-electron chi connectivity index (χ3n) is 8.64. The standard InChI is InChI=1S/C32H35BrN6O5/c1-37-15-22(12-23(16-37)35-27-14-34-38(2)32(43)29(27)33)19-6-8-20(9-7-19)31(42)39-17-25(18-39)44-24-5-3-4-21(13-24)26-10-11-28(40)36-30(26)41/h3-9,13-14,22-23,25-26,35H,10-12,15-18H2,1-2H3,(H,36,40,41)/t22-,23+,26?/m1/s1. The van der Waals surface area contributed by atoms with Gasteiger partial charge in [-0.25, -0.2) is 4.68 Å². The van der Waals surface area contributed by atoms with Crippen LogP contribution in [0.15, 0.2) is 64.0 Å². The number of carbonyl (C=O) groups is 3. The zero-order valence-corrected chi connectivity index (χ0v) is 26.2. The number of likely N-dealkylation sites (N-methyl/N-ethyl adjacent to an activating group) is 1. The number of aromatic nitrogens is 2. The van der Waals surface area contributed by atoms with E-state index in [4.69, 9.17) is 4.74 Å². The fourth-order valence-electron chi connectivity index (χ4n) is 6.26. The topological polar surface area (TPSA) is 126 Å². The second kappa shape index (κ2) is 12.5. The molecule has 1 aromatic heterocycles. The van der Waals surface area contributed by atoms with Crippen LogP contribution < -0.4 is 20.9 Å². The van der Waals surface area contributed by atoms with E-state index in [1.165, 1.54) is 10.2 Å². The van der Waals surface area contributed by atoms with Gasteiger partial charge in [0.15, 0.2) is 0 Å². The predicted octanol–water partition coefficient (Wildman–Crippen LogP) is 2.87. The number of nitrogens with zero attached hydrogens (tertiary/aromatic N) is 4. The molecule has 0 spiro atoms. The number of aryl methyl sites for hydroxylation is 1. The Labute approximate surface area is 263 Å². The Kier molecular flexibility index (Phi) is 8.55. The molecular weight excluding hydrogens is 628 g/mol. The molecule has 11 nitrogen and oxygen atoms in total. The number of hydrogen-bond donors (Lipinski definition) is 2. The van der Waals surface area contributed by atoms with Gasteiger partial charge in [0, 0.05) is 38.2 Å². The number of carbonyl (C=O) groups excluding carboxylic acids is 3. The van der Waals surface area contributed by atoms with Gasteiger partial charge >= 0.3 is 0 Å². The van der Waals surface area contributed by atoms with E-state index in [1.807, 2.05) is 48.5 Å². The molecule has 0 saturated carbocycles. The van der Waals surface area contributed by atoms with Gasteiger partial charge in [0.2, 0.25) is 11.8 Å². The Balaban J connectivity index is 1.03. The highest BCUT2D eigenvalue weighted by molar-refractivity contribution is 9.10. The highest BCUT2D eigenvalue weighted by Crippen LogP contribution is 2.31. The third kappa shape index (κ3) is 6.41. The summed E-state index contributed by atoms with van der Waals surface area (Å²) in [5.74, 6) is 0.0120. The summed E-state index contributed by atoms with van der Waals surface area (Å²) in [5.41, 5.74) is 3.13. The van der Waals surface area contributed by atoms with Gasteiger partial charge in [0.05, 0.1) is 30.9 Å². The van der Waals surface area contributed by atoms with Crippen molar-refractivity contribution >= 4 is 39.3 Å². The van der Waals surface area contributed by atoms with Crippen LogP contribution in [0.1, 0.15) is 52.6 Å². The number of amides is 3. The summed E-state index contributed by atoms with van der Waals surface area (Å²) < 4.78 is 7.88. The van der Waals surface area contributed by atoms with Crippen LogP contribution in [0.25, 0.3) is 0 Å². The number of ether oxygens (including phenoxy) is 1. The SMILES string of the molecule is CN1C[C@@H](Nc2cnn(C)c(=O)c2Br)C[C@@H](c2ccc(C(=O)N3CC(Oc4cccc(C5CCC(=O)NC5=O)c4)C3)cc2)C1. The van der Waals surface area contributed by atoms with Crippen molar-refractivity contribution in [3.63, 3.8) is 0 Å². The number of imide groups is 1. The van der Waals surface area contributed by atoms with Crippen molar-refractivity contribution in [1.29, 1.82) is 0 Å². The monoisotopic (exact) mass is 662 g/mol. The van der Waals surface area contributed by atoms with Crippen molar-refractivity contribution in [3.8, 4) is 5.75 Å². The molecule has 3 fully saturated rings. The molecule has 3 amide bonds. The van der Waals surface area contributed by atoms with Gasteiger partial charge in [-0.15, -0.1) is 0 Å². The molecule has 3 atom stereocenters. The van der Waals surface area contributed by atoms with E-state index >= 15 is 0 Å². The lowest BCUT2D eigenvalue weighted by atomic mass is 9.87. The fourth-order valence-corrected chi connectivity index (χ4v) is 6.74. The number of halogens is 1. The van der Waals surface area contributed by atoms with Crippen LogP contribution in [-0.4, -0.2) is 82.7 Å². The molecule has 230 valence electrons. The molecule has 6 rings (SSSR count). The molecule has 0 aliphatic carbocycles. The lowest BCUT2D eigenvalue weighted by molar-refractivity contribution is -0.134. The number of hydrogen-bond acceptors (Lipinski definition) is 8. The number of anilines is 1. The molecule has 1 unspecified atom stereocenters. The first-order valence-corrected chi connectivity index (χ1v) is 15.6. The minimum Gasteiger partial charge on any atom is -0.487 e. The number of nitrogens with one attached hydrogen (secondary N) is 2. The van der Waals surface area contributed by atoms with Gasteiger partial charge in [-0.1, -0.05) is 24.3 Å². The van der Waals surface area contributed by atoms with E-state index in [0.29, 0.717) is 47.4 Å². The van der Waals surface area contributed by atoms with E-state index in [2.05, 4.69) is 43.6 Å². The quantitative estimate of drug-likeness (QED) is 0.370. The van der Waals surface area contributed by atoms with Gasteiger partial charge in [-0.2, -0.15) is 5.10 Å². The maximum absolute atomic E-state index is 13.2. The van der Waals surface area contributed by atoms with Gasteiger partial charge in [0.1, 0.15) is 16.3 Å². The van der Waals surface area contributed by atoms with Crippen molar-refractivity contribution < 1.29 is 19.1 Å². The van der Waals surface area contributed by atoms with Gasteiger partial charge < -0.3 is 19.9 Å². The molecule has 12 heteroatoms. The Morgan fingerprint density at radius 1 is 1.02 bits per heavy atom. The van der Waals surface area contributed by atoms with Crippen LogP contribution in [0.5, 0.6) is 5.75 Å². The summed E-state index contributed by atoms with van der Waals surface area (Å²) in [6.45, 7) is 2.71. The molecular formula is C32H35BrN6O5. The Morgan fingerprint density at radius 2 is 1.80 bits per heavy atom. The van der Waals surface area contributed by atoms with Crippen LogP contribution in [0.2, 0.25) is 0 Å². The summed E-state index contributed by atoms with van der Waals surface area (Å²) >= 11 is 3.40. The molecule has 4 heterocycles. The first-order valence-electron chi connectivity index (χ1n) is 14.8. The van der Waals surface area contributed by atoms with Gasteiger partial charge in [-0.3, -0.25) is 24.5 Å². The maximum Gasteiger partial charge on any atom is 0.282 e. The zero-order chi connectivity index (χ0) is 31.0. The summed E-state index contributed by atoms with van der Waals surface area (Å²) in [4.78, 5) is 53.2. The van der Waals surface area contributed by atoms with Gasteiger partial charge in [-0.05, 0) is 77.1 Å². The normalized spacial score (nSPS) is 22.7. The summed E-state index contributed by atoms with van der Waals surface area (Å²) in [5, 5.41) is 10.0. The fraction of sp³-hybridized carbons (Fsp3) is 0.406. The van der Waals surface area contributed by atoms with Crippen molar-refractivity contribution in [1.82, 2.24) is 24.9 Å². The second-order valence-corrected chi connectivity index (χ2v) is 12.7. The van der Waals surface area contributed by atoms with Gasteiger partial charge in [0.25, 0.3) is 11.5 Å². The molecule has 2 aromatic carbocycles. The molecule has 3 aromatic rings. The zero-order valence-electron chi connectivity index (χ0n) is 24.7. The minimum absolute atomic E-state index is 0.0305. The maximum atomic E-state index is 13.2. The first-order chi connectivity index (χ1) is 21.1. The average Bonchev–Trinajstić information content (AvgIpc) is 2.99. The average molecular weight is 664 g/mol. The molecule has 0 radical (unpaired) electrons. The van der Waals surface area contributed by atoms with Crippen molar-refractivity contribution in [2.45, 2.75) is 43.2 Å². The molecule has 3 aliphatic rings. The van der Waals surface area contributed by atoms with Crippen LogP contribution in [0, 0.1) is 0 Å². The van der Waals surface area contributed by atoms with Crippen molar-refractivity contribution in [2.24, 2.45) is 7.05 Å².